The summed E-state index contributed by atoms with van der Waals surface area (Å²) in [5.74, 6) is 0.872. The van der Waals surface area contributed by atoms with E-state index in [-0.39, 0.29) is 6.17 Å². The highest BCUT2D eigenvalue weighted by Gasteiger charge is 2.18. The van der Waals surface area contributed by atoms with Crippen LogP contribution in [0.3, 0.4) is 0 Å². The van der Waals surface area contributed by atoms with Gasteiger partial charge in [-0.15, -0.1) is 11.8 Å². The molecule has 5 heteroatoms. The van der Waals surface area contributed by atoms with Crippen molar-refractivity contribution in [1.82, 2.24) is 10.6 Å². The van der Waals surface area contributed by atoms with Crippen molar-refractivity contribution in [2.75, 3.05) is 13.1 Å². The SMILES string of the molecule is C=Nc1ccc(Br)cc1CSc1ccc(C)cc1C1NCCCN1. The van der Waals surface area contributed by atoms with Crippen molar-refractivity contribution in [3.05, 3.63) is 57.6 Å². The fourth-order valence-electron chi connectivity index (χ4n) is 2.88. The third-order valence-electron chi connectivity index (χ3n) is 4.12. The van der Waals surface area contributed by atoms with Crippen molar-refractivity contribution in [3.8, 4) is 0 Å². The lowest BCUT2D eigenvalue weighted by atomic mass is 10.1. The van der Waals surface area contributed by atoms with E-state index in [1.165, 1.54) is 28.0 Å². The van der Waals surface area contributed by atoms with Crippen LogP contribution in [0, 0.1) is 6.92 Å². The Balaban J connectivity index is 1.82. The van der Waals surface area contributed by atoms with Gasteiger partial charge >= 0.3 is 0 Å². The molecule has 24 heavy (non-hydrogen) atoms. The molecule has 1 aliphatic heterocycles. The Hall–Kier alpha value is -1.14. The fraction of sp³-hybridized carbons (Fsp3) is 0.316. The lowest BCUT2D eigenvalue weighted by Gasteiger charge is -2.27. The highest BCUT2D eigenvalue weighted by atomic mass is 79.9. The van der Waals surface area contributed by atoms with Crippen LogP contribution in [-0.2, 0) is 5.75 Å². The molecule has 2 aromatic rings. The molecule has 0 amide bonds. The summed E-state index contributed by atoms with van der Waals surface area (Å²) in [6, 6.07) is 12.8. The predicted octanol–water partition coefficient (Wildman–Crippen LogP) is 4.96. The van der Waals surface area contributed by atoms with Crippen LogP contribution >= 0.6 is 27.7 Å². The standard InChI is InChI=1S/C19H22BrN3S/c1-13-4-7-18(16(10-13)19-22-8-3-9-23-19)24-12-14-11-15(20)5-6-17(14)21-2/h4-7,10-11,19,22-23H,2-3,8-9,12H2,1H3. The van der Waals surface area contributed by atoms with E-state index < -0.39 is 0 Å². The average molecular weight is 404 g/mol. The monoisotopic (exact) mass is 403 g/mol. The molecule has 3 rings (SSSR count). The second-order valence-electron chi connectivity index (χ2n) is 5.96. The first kappa shape index (κ1) is 17.7. The maximum Gasteiger partial charge on any atom is 0.0846 e. The molecular formula is C19H22BrN3S. The lowest BCUT2D eigenvalue weighted by Crippen LogP contribution is -2.41. The van der Waals surface area contributed by atoms with Gasteiger partial charge in [-0.1, -0.05) is 33.6 Å². The van der Waals surface area contributed by atoms with Gasteiger partial charge in [0, 0.05) is 15.1 Å². The molecular weight excluding hydrogens is 382 g/mol. The van der Waals surface area contributed by atoms with Gasteiger partial charge in [0.2, 0.25) is 0 Å². The number of hydrogen-bond acceptors (Lipinski definition) is 4. The maximum absolute atomic E-state index is 4.14. The van der Waals surface area contributed by atoms with Gasteiger partial charge in [-0.3, -0.25) is 15.6 Å². The van der Waals surface area contributed by atoms with Gasteiger partial charge in [-0.05, 0) is 68.5 Å². The average Bonchev–Trinajstić information content (AvgIpc) is 2.61. The number of nitrogens with zero attached hydrogens (tertiary/aromatic N) is 1. The van der Waals surface area contributed by atoms with Gasteiger partial charge in [0.1, 0.15) is 0 Å². The second kappa shape index (κ2) is 8.30. The molecule has 0 aliphatic carbocycles. The van der Waals surface area contributed by atoms with Gasteiger partial charge in [-0.25, -0.2) is 0 Å². The largest absolute Gasteiger partial charge is 0.298 e. The van der Waals surface area contributed by atoms with Crippen LogP contribution < -0.4 is 10.6 Å². The van der Waals surface area contributed by atoms with E-state index in [0.29, 0.717) is 0 Å². The smallest absolute Gasteiger partial charge is 0.0846 e. The molecule has 2 aromatic carbocycles. The Kier molecular flexibility index (Phi) is 6.11. The number of thioether (sulfide) groups is 1. The van der Waals surface area contributed by atoms with E-state index >= 15 is 0 Å². The summed E-state index contributed by atoms with van der Waals surface area (Å²) in [5.41, 5.74) is 4.77. The van der Waals surface area contributed by atoms with Gasteiger partial charge in [0.05, 0.1) is 11.9 Å². The number of halogens is 1. The first-order chi connectivity index (χ1) is 11.7. The van der Waals surface area contributed by atoms with Crippen molar-refractivity contribution in [3.63, 3.8) is 0 Å². The first-order valence-electron chi connectivity index (χ1n) is 8.12. The van der Waals surface area contributed by atoms with E-state index in [0.717, 1.165) is 29.0 Å². The number of hydrogen-bond donors (Lipinski definition) is 2. The number of rotatable bonds is 5. The highest BCUT2D eigenvalue weighted by Crippen LogP contribution is 2.34. The van der Waals surface area contributed by atoms with Gasteiger partial charge in [0.25, 0.3) is 0 Å². The Morgan fingerprint density at radius 1 is 1.21 bits per heavy atom. The highest BCUT2D eigenvalue weighted by molar-refractivity contribution is 9.10. The van der Waals surface area contributed by atoms with Crippen molar-refractivity contribution in [1.29, 1.82) is 0 Å². The molecule has 1 heterocycles. The molecule has 1 aliphatic rings. The Bertz CT molecular complexity index is 727. The molecule has 0 unspecified atom stereocenters. The zero-order valence-corrected chi connectivity index (χ0v) is 16.2. The molecule has 0 spiro atoms. The van der Waals surface area contributed by atoms with E-state index in [9.17, 15) is 0 Å². The molecule has 0 saturated carbocycles. The molecule has 0 bridgehead atoms. The van der Waals surface area contributed by atoms with E-state index in [2.05, 4.69) is 69.5 Å². The predicted molar refractivity (Wildman–Crippen MR) is 107 cm³/mol. The van der Waals surface area contributed by atoms with E-state index in [1.54, 1.807) is 0 Å². The maximum atomic E-state index is 4.14. The molecule has 0 radical (unpaired) electrons. The summed E-state index contributed by atoms with van der Waals surface area (Å²) in [6.45, 7) is 7.95. The molecule has 126 valence electrons. The molecule has 1 saturated heterocycles. The Morgan fingerprint density at radius 2 is 2.00 bits per heavy atom. The molecule has 2 N–H and O–H groups in total. The molecule has 0 aromatic heterocycles. The van der Waals surface area contributed by atoms with Crippen molar-refractivity contribution in [2.24, 2.45) is 4.99 Å². The van der Waals surface area contributed by atoms with Gasteiger partial charge in [0.15, 0.2) is 0 Å². The molecule has 1 fully saturated rings. The summed E-state index contributed by atoms with van der Waals surface area (Å²) < 4.78 is 1.07. The van der Waals surface area contributed by atoms with Crippen LogP contribution in [0.1, 0.15) is 29.3 Å². The van der Waals surface area contributed by atoms with Crippen LogP contribution in [0.25, 0.3) is 0 Å². The van der Waals surface area contributed by atoms with Crippen LogP contribution in [0.2, 0.25) is 0 Å². The van der Waals surface area contributed by atoms with Crippen molar-refractivity contribution < 1.29 is 0 Å². The van der Waals surface area contributed by atoms with Gasteiger partial charge in [-0.2, -0.15) is 0 Å². The van der Waals surface area contributed by atoms with Crippen LogP contribution in [0.4, 0.5) is 5.69 Å². The minimum atomic E-state index is 0.237. The zero-order valence-electron chi connectivity index (χ0n) is 13.8. The normalized spacial score (nSPS) is 15.4. The molecule has 0 atom stereocenters. The third kappa shape index (κ3) is 4.28. The fourth-order valence-corrected chi connectivity index (χ4v) is 4.34. The Morgan fingerprint density at radius 3 is 2.75 bits per heavy atom. The number of aryl methyl sites for hydroxylation is 1. The minimum Gasteiger partial charge on any atom is -0.298 e. The van der Waals surface area contributed by atoms with Crippen LogP contribution in [-0.4, -0.2) is 19.8 Å². The van der Waals surface area contributed by atoms with Crippen LogP contribution in [0.15, 0.2) is 50.8 Å². The summed E-state index contributed by atoms with van der Waals surface area (Å²) in [6.07, 6.45) is 1.41. The number of benzene rings is 2. The number of nitrogens with one attached hydrogen (secondary N) is 2. The second-order valence-corrected chi connectivity index (χ2v) is 7.89. The minimum absolute atomic E-state index is 0.237. The van der Waals surface area contributed by atoms with Gasteiger partial charge < -0.3 is 0 Å². The summed E-state index contributed by atoms with van der Waals surface area (Å²) in [5, 5.41) is 7.14. The Labute approximate surface area is 156 Å². The van der Waals surface area contributed by atoms with Crippen molar-refractivity contribution >= 4 is 40.1 Å². The van der Waals surface area contributed by atoms with Crippen molar-refractivity contribution in [2.45, 2.75) is 30.2 Å². The zero-order chi connectivity index (χ0) is 16.9. The number of aliphatic imine (C=N–C) groups is 1. The lowest BCUT2D eigenvalue weighted by molar-refractivity contribution is 0.376. The quantitative estimate of drug-likeness (QED) is 0.546. The van der Waals surface area contributed by atoms with Crippen LogP contribution in [0.5, 0.6) is 0 Å². The topological polar surface area (TPSA) is 36.4 Å². The van der Waals surface area contributed by atoms with E-state index in [1.807, 2.05) is 23.9 Å². The first-order valence-corrected chi connectivity index (χ1v) is 9.90. The summed E-state index contributed by atoms with van der Waals surface area (Å²) in [7, 11) is 0. The molecule has 3 nitrogen and oxygen atoms in total. The summed E-state index contributed by atoms with van der Waals surface area (Å²) >= 11 is 5.40. The van der Waals surface area contributed by atoms with E-state index in [4.69, 9.17) is 0 Å². The summed E-state index contributed by atoms with van der Waals surface area (Å²) in [4.78, 5) is 5.45. The third-order valence-corrected chi connectivity index (χ3v) is 5.75.